The van der Waals surface area contributed by atoms with Gasteiger partial charge in [0.2, 0.25) is 0 Å². The van der Waals surface area contributed by atoms with Crippen molar-refractivity contribution in [2.24, 2.45) is 0 Å². The van der Waals surface area contributed by atoms with Gasteiger partial charge in [0.05, 0.1) is 7.11 Å². The zero-order chi connectivity index (χ0) is 11.3. The third-order valence-electron chi connectivity index (χ3n) is 1.91. The fourth-order valence-corrected chi connectivity index (χ4v) is 1.16. The maximum absolute atomic E-state index is 11.5. The number of aromatic nitrogens is 1. The molecule has 0 unspecified atom stereocenters. The lowest BCUT2D eigenvalue weighted by molar-refractivity contribution is 0.0594. The second-order valence-corrected chi connectivity index (χ2v) is 3.07. The number of hydrogen-bond donors (Lipinski definition) is 0. The van der Waals surface area contributed by atoms with E-state index in [4.69, 9.17) is 0 Å². The summed E-state index contributed by atoms with van der Waals surface area (Å²) in [6.07, 6.45) is 1.21. The molecule has 1 heterocycles. The number of carbonyl (C=O) groups is 2. The van der Waals surface area contributed by atoms with Crippen molar-refractivity contribution >= 4 is 11.8 Å². The Kier molecular flexibility index (Phi) is 3.97. The molecule has 4 nitrogen and oxygen atoms in total. The Morgan fingerprint density at radius 2 is 2.00 bits per heavy atom. The van der Waals surface area contributed by atoms with Crippen LogP contribution in [0.1, 0.15) is 40.7 Å². The van der Waals surface area contributed by atoms with Crippen molar-refractivity contribution in [1.82, 2.24) is 4.98 Å². The Morgan fingerprint density at radius 3 is 2.60 bits per heavy atom. The van der Waals surface area contributed by atoms with Gasteiger partial charge in [-0.15, -0.1) is 0 Å². The first-order chi connectivity index (χ1) is 7.19. The third kappa shape index (κ3) is 2.87. The van der Waals surface area contributed by atoms with Crippen LogP contribution in [0.3, 0.4) is 0 Å². The van der Waals surface area contributed by atoms with Crippen molar-refractivity contribution in [3.8, 4) is 0 Å². The highest BCUT2D eigenvalue weighted by molar-refractivity contribution is 5.95. The molecule has 0 fully saturated rings. The molecular weight excluding hydrogens is 194 g/mol. The zero-order valence-electron chi connectivity index (χ0n) is 8.82. The van der Waals surface area contributed by atoms with E-state index in [0.717, 1.165) is 6.42 Å². The van der Waals surface area contributed by atoms with E-state index in [0.29, 0.717) is 12.1 Å². The van der Waals surface area contributed by atoms with Crippen molar-refractivity contribution in [2.75, 3.05) is 7.11 Å². The summed E-state index contributed by atoms with van der Waals surface area (Å²) in [6.45, 7) is 1.92. The quantitative estimate of drug-likeness (QED) is 0.558. The molecular formula is C11H13NO3. The number of rotatable bonds is 4. The van der Waals surface area contributed by atoms with Crippen LogP contribution in [0.2, 0.25) is 0 Å². The SMILES string of the molecule is CCCC(=O)c1cccc(C(=O)OC)n1. The lowest BCUT2D eigenvalue weighted by Gasteiger charge is -2.01. The standard InChI is InChI=1S/C11H13NO3/c1-3-5-10(13)8-6-4-7-9(12-8)11(14)15-2/h4,6-7H,3,5H2,1-2H3. The van der Waals surface area contributed by atoms with Gasteiger partial charge in [-0.25, -0.2) is 9.78 Å². The van der Waals surface area contributed by atoms with Crippen molar-refractivity contribution in [1.29, 1.82) is 0 Å². The Morgan fingerprint density at radius 1 is 1.33 bits per heavy atom. The number of esters is 1. The summed E-state index contributed by atoms with van der Waals surface area (Å²) in [7, 11) is 1.28. The molecule has 80 valence electrons. The number of pyridine rings is 1. The lowest BCUT2D eigenvalue weighted by atomic mass is 10.1. The van der Waals surface area contributed by atoms with Crippen molar-refractivity contribution in [3.63, 3.8) is 0 Å². The number of nitrogens with zero attached hydrogens (tertiary/aromatic N) is 1. The fraction of sp³-hybridized carbons (Fsp3) is 0.364. The number of ether oxygens (including phenoxy) is 1. The van der Waals surface area contributed by atoms with E-state index in [-0.39, 0.29) is 11.5 Å². The van der Waals surface area contributed by atoms with Crippen LogP contribution in [0, 0.1) is 0 Å². The van der Waals surface area contributed by atoms with Gasteiger partial charge in [-0.05, 0) is 18.6 Å². The van der Waals surface area contributed by atoms with Crippen LogP contribution in [0.25, 0.3) is 0 Å². The lowest BCUT2D eigenvalue weighted by Crippen LogP contribution is -2.09. The van der Waals surface area contributed by atoms with E-state index in [1.165, 1.54) is 13.2 Å². The van der Waals surface area contributed by atoms with Crippen molar-refractivity contribution in [2.45, 2.75) is 19.8 Å². The van der Waals surface area contributed by atoms with Crippen LogP contribution >= 0.6 is 0 Å². The molecule has 1 aromatic heterocycles. The Labute approximate surface area is 88.3 Å². The highest BCUT2D eigenvalue weighted by atomic mass is 16.5. The minimum absolute atomic E-state index is 0.0525. The minimum atomic E-state index is -0.527. The van der Waals surface area contributed by atoms with Gasteiger partial charge in [0.25, 0.3) is 0 Å². The molecule has 4 heteroatoms. The molecule has 0 aromatic carbocycles. The zero-order valence-corrected chi connectivity index (χ0v) is 8.82. The molecule has 1 rings (SSSR count). The molecule has 15 heavy (non-hydrogen) atoms. The maximum atomic E-state index is 11.5. The molecule has 1 aromatic rings. The van der Waals surface area contributed by atoms with Gasteiger partial charge in [-0.1, -0.05) is 13.0 Å². The summed E-state index contributed by atoms with van der Waals surface area (Å²) in [5.74, 6) is -0.579. The molecule has 0 saturated heterocycles. The predicted molar refractivity (Wildman–Crippen MR) is 54.8 cm³/mol. The van der Waals surface area contributed by atoms with Gasteiger partial charge in [0.1, 0.15) is 11.4 Å². The van der Waals surface area contributed by atoms with E-state index < -0.39 is 5.97 Å². The van der Waals surface area contributed by atoms with Crippen LogP contribution in [-0.4, -0.2) is 23.8 Å². The molecule has 0 atom stereocenters. The number of hydrogen-bond acceptors (Lipinski definition) is 4. The van der Waals surface area contributed by atoms with E-state index >= 15 is 0 Å². The molecule has 0 radical (unpaired) electrons. The molecule has 0 bridgehead atoms. The Balaban J connectivity index is 2.92. The maximum Gasteiger partial charge on any atom is 0.356 e. The van der Waals surface area contributed by atoms with E-state index in [9.17, 15) is 9.59 Å². The average molecular weight is 207 g/mol. The summed E-state index contributed by atoms with van der Waals surface area (Å²) < 4.78 is 4.52. The average Bonchev–Trinajstić information content (AvgIpc) is 2.28. The first-order valence-electron chi connectivity index (χ1n) is 4.77. The summed E-state index contributed by atoms with van der Waals surface area (Å²) in [5.41, 5.74) is 0.485. The Bertz CT molecular complexity index is 374. The molecule has 0 aliphatic carbocycles. The minimum Gasteiger partial charge on any atom is -0.464 e. The molecule has 0 aliphatic rings. The summed E-state index contributed by atoms with van der Waals surface area (Å²) in [4.78, 5) is 26.6. The molecule has 0 aliphatic heterocycles. The monoisotopic (exact) mass is 207 g/mol. The Hall–Kier alpha value is -1.71. The summed E-state index contributed by atoms with van der Waals surface area (Å²) in [6, 6.07) is 4.75. The van der Waals surface area contributed by atoms with Gasteiger partial charge in [0, 0.05) is 6.42 Å². The van der Waals surface area contributed by atoms with Gasteiger partial charge in [-0.3, -0.25) is 4.79 Å². The second-order valence-electron chi connectivity index (χ2n) is 3.07. The van der Waals surface area contributed by atoms with Gasteiger partial charge >= 0.3 is 5.97 Å². The second kappa shape index (κ2) is 5.24. The van der Waals surface area contributed by atoms with Crippen LogP contribution in [0.15, 0.2) is 18.2 Å². The van der Waals surface area contributed by atoms with Crippen LogP contribution in [0.5, 0.6) is 0 Å². The van der Waals surface area contributed by atoms with E-state index in [2.05, 4.69) is 9.72 Å². The predicted octanol–water partition coefficient (Wildman–Crippen LogP) is 1.85. The van der Waals surface area contributed by atoms with Crippen LogP contribution in [-0.2, 0) is 4.74 Å². The van der Waals surface area contributed by atoms with Crippen LogP contribution in [0.4, 0.5) is 0 Å². The normalized spacial score (nSPS) is 9.73. The topological polar surface area (TPSA) is 56.3 Å². The number of ketones is 1. The highest BCUT2D eigenvalue weighted by Gasteiger charge is 2.11. The van der Waals surface area contributed by atoms with Gasteiger partial charge in [-0.2, -0.15) is 0 Å². The van der Waals surface area contributed by atoms with Gasteiger partial charge in [0.15, 0.2) is 5.78 Å². The third-order valence-corrected chi connectivity index (χ3v) is 1.91. The molecule has 0 amide bonds. The number of Topliss-reactive ketones (excluding diaryl/α,β-unsaturated/α-hetero) is 1. The highest BCUT2D eigenvalue weighted by Crippen LogP contribution is 2.05. The van der Waals surface area contributed by atoms with Crippen molar-refractivity contribution in [3.05, 3.63) is 29.6 Å². The molecule has 0 saturated carbocycles. The molecule has 0 N–H and O–H groups in total. The number of methoxy groups -OCH3 is 1. The first kappa shape index (κ1) is 11.4. The van der Waals surface area contributed by atoms with Crippen molar-refractivity contribution < 1.29 is 14.3 Å². The van der Waals surface area contributed by atoms with Gasteiger partial charge < -0.3 is 4.74 Å². The largest absolute Gasteiger partial charge is 0.464 e. The fourth-order valence-electron chi connectivity index (χ4n) is 1.16. The van der Waals surface area contributed by atoms with E-state index in [1.54, 1.807) is 12.1 Å². The summed E-state index contributed by atoms with van der Waals surface area (Å²) >= 11 is 0. The molecule has 0 spiro atoms. The summed E-state index contributed by atoms with van der Waals surface area (Å²) in [5, 5.41) is 0. The smallest absolute Gasteiger partial charge is 0.356 e. The van der Waals surface area contributed by atoms with Crippen LogP contribution < -0.4 is 0 Å². The number of carbonyl (C=O) groups excluding carboxylic acids is 2. The first-order valence-corrected chi connectivity index (χ1v) is 4.77. The van der Waals surface area contributed by atoms with E-state index in [1.807, 2.05) is 6.92 Å².